The van der Waals surface area contributed by atoms with Crippen LogP contribution in [0.2, 0.25) is 0 Å². The summed E-state index contributed by atoms with van der Waals surface area (Å²) in [6.45, 7) is 3.46. The van der Waals surface area contributed by atoms with E-state index in [1.165, 1.54) is 7.11 Å². The Kier molecular flexibility index (Phi) is 6.20. The first-order valence-electron chi connectivity index (χ1n) is 8.27. The van der Waals surface area contributed by atoms with Gasteiger partial charge in [-0.1, -0.05) is 13.3 Å². The van der Waals surface area contributed by atoms with Crippen molar-refractivity contribution in [2.45, 2.75) is 26.2 Å². The van der Waals surface area contributed by atoms with Gasteiger partial charge in [0, 0.05) is 25.8 Å². The second kappa shape index (κ2) is 8.15. The van der Waals surface area contributed by atoms with E-state index in [1.807, 2.05) is 0 Å². The fraction of sp³-hybridized carbons (Fsp3) is 0.556. The SMILES string of the molecule is CCCCOc1ccc(C(=O)N2CCC(COC)(C(=O)O)C2)cc1. The largest absolute Gasteiger partial charge is 0.494 e. The number of carbonyl (C=O) groups is 2. The first kappa shape index (κ1) is 18.3. The standard InChI is InChI=1S/C18H25NO5/c1-3-4-11-24-15-7-5-14(6-8-15)16(20)19-10-9-18(12-19,13-23-2)17(21)22/h5-8H,3-4,9-13H2,1-2H3,(H,21,22). The number of likely N-dealkylation sites (tertiary alicyclic amines) is 1. The maximum atomic E-state index is 12.6. The first-order chi connectivity index (χ1) is 11.5. The number of amides is 1. The van der Waals surface area contributed by atoms with Crippen LogP contribution in [-0.2, 0) is 9.53 Å². The summed E-state index contributed by atoms with van der Waals surface area (Å²) >= 11 is 0. The molecule has 1 heterocycles. The Balaban J connectivity index is 2.00. The molecule has 1 aromatic carbocycles. The molecule has 0 aromatic heterocycles. The monoisotopic (exact) mass is 335 g/mol. The average molecular weight is 335 g/mol. The highest BCUT2D eigenvalue weighted by Gasteiger charge is 2.46. The maximum absolute atomic E-state index is 12.6. The van der Waals surface area contributed by atoms with E-state index in [1.54, 1.807) is 29.2 Å². The van der Waals surface area contributed by atoms with Gasteiger partial charge in [0.15, 0.2) is 0 Å². The minimum absolute atomic E-state index is 0.107. The molecule has 6 heteroatoms. The summed E-state index contributed by atoms with van der Waals surface area (Å²) in [6.07, 6.45) is 2.46. The zero-order valence-electron chi connectivity index (χ0n) is 14.3. The van der Waals surface area contributed by atoms with E-state index in [-0.39, 0.29) is 19.1 Å². The van der Waals surface area contributed by atoms with Gasteiger partial charge in [0.2, 0.25) is 0 Å². The van der Waals surface area contributed by atoms with E-state index < -0.39 is 11.4 Å². The lowest BCUT2D eigenvalue weighted by atomic mass is 9.88. The summed E-state index contributed by atoms with van der Waals surface area (Å²) in [7, 11) is 1.48. The zero-order valence-corrected chi connectivity index (χ0v) is 14.3. The van der Waals surface area contributed by atoms with Crippen molar-refractivity contribution < 1.29 is 24.2 Å². The van der Waals surface area contributed by atoms with Crippen LogP contribution in [0, 0.1) is 5.41 Å². The van der Waals surface area contributed by atoms with Gasteiger partial charge in [-0.2, -0.15) is 0 Å². The molecule has 1 aliphatic heterocycles. The fourth-order valence-electron chi connectivity index (χ4n) is 2.89. The van der Waals surface area contributed by atoms with Crippen LogP contribution in [0.25, 0.3) is 0 Å². The molecule has 0 aliphatic carbocycles. The molecule has 0 bridgehead atoms. The second-order valence-electron chi connectivity index (χ2n) is 6.22. The number of hydrogen-bond donors (Lipinski definition) is 1. The fourth-order valence-corrected chi connectivity index (χ4v) is 2.89. The summed E-state index contributed by atoms with van der Waals surface area (Å²) in [6, 6.07) is 7.00. The molecule has 1 fully saturated rings. The molecule has 132 valence electrons. The van der Waals surface area contributed by atoms with Gasteiger partial charge in [-0.25, -0.2) is 0 Å². The second-order valence-corrected chi connectivity index (χ2v) is 6.22. The quantitative estimate of drug-likeness (QED) is 0.739. The molecule has 1 unspecified atom stereocenters. The van der Waals surface area contributed by atoms with Gasteiger partial charge in [-0.15, -0.1) is 0 Å². The van der Waals surface area contributed by atoms with Crippen LogP contribution in [0.15, 0.2) is 24.3 Å². The Bertz CT molecular complexity index is 571. The third-order valence-electron chi connectivity index (χ3n) is 4.38. The summed E-state index contributed by atoms with van der Waals surface area (Å²) in [4.78, 5) is 25.7. The summed E-state index contributed by atoms with van der Waals surface area (Å²) in [5, 5.41) is 9.47. The molecule has 0 radical (unpaired) electrons. The Morgan fingerprint density at radius 2 is 2.00 bits per heavy atom. The molecule has 0 spiro atoms. The van der Waals surface area contributed by atoms with E-state index >= 15 is 0 Å². The van der Waals surface area contributed by atoms with Crippen LogP contribution in [0.1, 0.15) is 36.5 Å². The number of carboxylic acid groups (broad SMARTS) is 1. The lowest BCUT2D eigenvalue weighted by Gasteiger charge is -2.23. The number of aliphatic carboxylic acids is 1. The Labute approximate surface area is 142 Å². The van der Waals surface area contributed by atoms with Crippen molar-refractivity contribution in [3.63, 3.8) is 0 Å². The molecule has 1 saturated heterocycles. The van der Waals surface area contributed by atoms with Gasteiger partial charge in [-0.3, -0.25) is 9.59 Å². The maximum Gasteiger partial charge on any atom is 0.313 e. The molecule has 1 amide bonds. The van der Waals surface area contributed by atoms with Crippen LogP contribution in [0.5, 0.6) is 5.75 Å². The molecule has 1 aliphatic rings. The third-order valence-corrected chi connectivity index (χ3v) is 4.38. The Morgan fingerprint density at radius 3 is 2.58 bits per heavy atom. The summed E-state index contributed by atoms with van der Waals surface area (Å²) < 4.78 is 10.6. The van der Waals surface area contributed by atoms with Gasteiger partial charge in [0.05, 0.1) is 13.2 Å². The number of nitrogens with zero attached hydrogens (tertiary/aromatic N) is 1. The minimum Gasteiger partial charge on any atom is -0.494 e. The van der Waals surface area contributed by atoms with E-state index in [4.69, 9.17) is 9.47 Å². The highest BCUT2D eigenvalue weighted by molar-refractivity contribution is 5.95. The molecule has 2 rings (SSSR count). The highest BCUT2D eigenvalue weighted by Crippen LogP contribution is 2.32. The molecule has 6 nitrogen and oxygen atoms in total. The number of benzene rings is 1. The smallest absolute Gasteiger partial charge is 0.313 e. The molecule has 0 saturated carbocycles. The van der Waals surface area contributed by atoms with Gasteiger partial charge in [-0.05, 0) is 37.1 Å². The van der Waals surface area contributed by atoms with Gasteiger partial charge in [0.25, 0.3) is 5.91 Å². The molecule has 1 atom stereocenters. The number of hydrogen-bond acceptors (Lipinski definition) is 4. The van der Waals surface area contributed by atoms with Crippen molar-refractivity contribution in [1.29, 1.82) is 0 Å². The van der Waals surface area contributed by atoms with Crippen LogP contribution in [-0.4, -0.2) is 55.3 Å². The number of methoxy groups -OCH3 is 1. The van der Waals surface area contributed by atoms with Crippen molar-refractivity contribution in [3.05, 3.63) is 29.8 Å². The summed E-state index contributed by atoms with van der Waals surface area (Å²) in [5.74, 6) is -0.339. The van der Waals surface area contributed by atoms with E-state index in [2.05, 4.69) is 6.92 Å². The van der Waals surface area contributed by atoms with Gasteiger partial charge >= 0.3 is 5.97 Å². The first-order valence-corrected chi connectivity index (χ1v) is 8.27. The lowest BCUT2D eigenvalue weighted by Crippen LogP contribution is -2.40. The number of unbranched alkanes of at least 4 members (excludes halogenated alkanes) is 1. The van der Waals surface area contributed by atoms with Crippen LogP contribution < -0.4 is 4.74 Å². The van der Waals surface area contributed by atoms with E-state index in [0.717, 1.165) is 18.6 Å². The number of carbonyl (C=O) groups excluding carboxylic acids is 1. The topological polar surface area (TPSA) is 76.1 Å². The van der Waals surface area contributed by atoms with Gasteiger partial charge < -0.3 is 19.5 Å². The number of rotatable bonds is 8. The number of ether oxygens (including phenoxy) is 2. The lowest BCUT2D eigenvalue weighted by molar-refractivity contribution is -0.151. The van der Waals surface area contributed by atoms with Gasteiger partial charge in [0.1, 0.15) is 11.2 Å². The van der Waals surface area contributed by atoms with Crippen molar-refractivity contribution in [1.82, 2.24) is 4.90 Å². The van der Waals surface area contributed by atoms with Crippen molar-refractivity contribution >= 4 is 11.9 Å². The van der Waals surface area contributed by atoms with Crippen molar-refractivity contribution in [2.75, 3.05) is 33.4 Å². The third kappa shape index (κ3) is 4.06. The van der Waals surface area contributed by atoms with E-state index in [0.29, 0.717) is 25.1 Å². The molecule has 1 N–H and O–H groups in total. The molecule has 1 aromatic rings. The molecular formula is C18H25NO5. The Hall–Kier alpha value is -2.08. The van der Waals surface area contributed by atoms with Crippen molar-refractivity contribution in [3.8, 4) is 5.75 Å². The number of carboxylic acids is 1. The van der Waals surface area contributed by atoms with Crippen LogP contribution >= 0.6 is 0 Å². The normalized spacial score (nSPS) is 20.2. The van der Waals surface area contributed by atoms with Crippen molar-refractivity contribution in [2.24, 2.45) is 5.41 Å². The van der Waals surface area contributed by atoms with E-state index in [9.17, 15) is 14.7 Å². The zero-order chi connectivity index (χ0) is 17.6. The Morgan fingerprint density at radius 1 is 1.29 bits per heavy atom. The highest BCUT2D eigenvalue weighted by atomic mass is 16.5. The average Bonchev–Trinajstić information content (AvgIpc) is 3.01. The van der Waals surface area contributed by atoms with Crippen LogP contribution in [0.4, 0.5) is 0 Å². The molecular weight excluding hydrogens is 310 g/mol. The predicted molar refractivity (Wildman–Crippen MR) is 89.3 cm³/mol. The summed E-state index contributed by atoms with van der Waals surface area (Å²) in [5.41, 5.74) is -0.468. The predicted octanol–water partition coefficient (Wildman–Crippen LogP) is 2.43. The minimum atomic E-state index is -1.01. The molecule has 24 heavy (non-hydrogen) atoms. The van der Waals surface area contributed by atoms with Crippen LogP contribution in [0.3, 0.4) is 0 Å².